The molecular weight excluding hydrogens is 260 g/mol. The third-order valence-corrected chi connectivity index (χ3v) is 1.83. The van der Waals surface area contributed by atoms with Gasteiger partial charge in [0.2, 0.25) is 0 Å². The molecule has 0 aliphatic heterocycles. The Kier molecular flexibility index (Phi) is 3.14. The number of hydrogen-bond acceptors (Lipinski definition) is 2. The molecule has 0 amide bonds. The minimum Gasteiger partial charge on any atom is -0.448 e. The second-order valence-corrected chi connectivity index (χ2v) is 2.83. The summed E-state index contributed by atoms with van der Waals surface area (Å²) >= 11 is 0. The Hall–Kier alpha value is -0.967. The number of aromatic nitrogens is 3. The van der Waals surface area contributed by atoms with E-state index in [1.165, 1.54) is 4.57 Å². The molecule has 0 bridgehead atoms. The molecule has 0 aliphatic carbocycles. The largest absolute Gasteiger partial charge is 0.448 e. The second kappa shape index (κ2) is 3.89. The Bertz CT molecular complexity index is 477. The Morgan fingerprint density at radius 2 is 2.07 bits per heavy atom. The van der Waals surface area contributed by atoms with Gasteiger partial charge in [-0.2, -0.15) is 13.2 Å². The van der Waals surface area contributed by atoms with Gasteiger partial charge in [0, 0.05) is 25.8 Å². The van der Waals surface area contributed by atoms with E-state index < -0.39 is 11.9 Å². The fourth-order valence-electron chi connectivity index (χ4n) is 1.12. The smallest absolute Gasteiger partial charge is 0.432 e. The fourth-order valence-corrected chi connectivity index (χ4v) is 1.12. The van der Waals surface area contributed by atoms with Gasteiger partial charge in [0.05, 0.1) is 0 Å². The quantitative estimate of drug-likeness (QED) is 0.537. The van der Waals surface area contributed by atoms with Crippen LogP contribution in [-0.4, -0.2) is 14.5 Å². The zero-order chi connectivity index (χ0) is 10.3. The van der Waals surface area contributed by atoms with Crippen molar-refractivity contribution >= 4 is 11.0 Å². The van der Waals surface area contributed by atoms with Crippen LogP contribution in [0.25, 0.3) is 11.0 Å². The molecule has 0 N–H and O–H groups in total. The van der Waals surface area contributed by atoms with Crippen molar-refractivity contribution in [1.29, 1.82) is 0 Å². The van der Waals surface area contributed by atoms with Crippen LogP contribution >= 0.6 is 0 Å². The number of alkyl halides is 3. The van der Waals surface area contributed by atoms with Gasteiger partial charge >= 0.3 is 6.18 Å². The zero-order valence-electron chi connectivity index (χ0n) is 7.84. The zero-order valence-corrected chi connectivity index (χ0v) is 10.8. The topological polar surface area (TPSA) is 30.7 Å². The summed E-state index contributed by atoms with van der Waals surface area (Å²) in [5, 5.41) is 0. The van der Waals surface area contributed by atoms with Gasteiger partial charge in [0.1, 0.15) is 5.69 Å². The average molecular weight is 266 g/mol. The van der Waals surface area contributed by atoms with Gasteiger partial charge < -0.3 is 9.55 Å². The number of hydrogen-bond donors (Lipinski definition) is 0. The van der Waals surface area contributed by atoms with Crippen molar-refractivity contribution in [1.82, 2.24) is 14.5 Å². The second-order valence-electron chi connectivity index (χ2n) is 2.83. The average Bonchev–Trinajstić information content (AvgIpc) is 2.46. The third-order valence-electron chi connectivity index (χ3n) is 1.83. The molecule has 15 heavy (non-hydrogen) atoms. The maximum atomic E-state index is 12.2. The van der Waals surface area contributed by atoms with Crippen molar-refractivity contribution in [3.8, 4) is 0 Å². The van der Waals surface area contributed by atoms with Crippen LogP contribution in [0.1, 0.15) is 5.69 Å². The van der Waals surface area contributed by atoms with Gasteiger partial charge in [0.25, 0.3) is 0 Å². The van der Waals surface area contributed by atoms with E-state index in [2.05, 4.69) is 16.3 Å². The molecule has 2 rings (SSSR count). The van der Waals surface area contributed by atoms with Crippen LogP contribution < -0.4 is 0 Å². The number of pyridine rings is 1. The van der Waals surface area contributed by atoms with Gasteiger partial charge in [-0.1, -0.05) is 17.1 Å². The van der Waals surface area contributed by atoms with Gasteiger partial charge in [-0.05, 0) is 13.2 Å². The predicted octanol–water partition coefficient (Wildman–Crippen LogP) is 1.78. The summed E-state index contributed by atoms with van der Waals surface area (Å²) in [6, 6.07) is 0.909. The fraction of sp³-hybridized carbons (Fsp3) is 0.250. The summed E-state index contributed by atoms with van der Waals surface area (Å²) in [4.78, 5) is 7.00. The number of fused-ring (bicyclic) bond motifs is 1. The van der Waals surface area contributed by atoms with E-state index in [-0.39, 0.29) is 25.0 Å². The van der Waals surface area contributed by atoms with E-state index in [9.17, 15) is 13.2 Å². The van der Waals surface area contributed by atoms with Crippen LogP contribution in [0.4, 0.5) is 13.2 Å². The van der Waals surface area contributed by atoms with E-state index in [1.807, 2.05) is 0 Å². The van der Waals surface area contributed by atoms with Gasteiger partial charge in [-0.15, -0.1) is 0 Å². The molecule has 0 fully saturated rings. The summed E-state index contributed by atoms with van der Waals surface area (Å²) in [6.07, 6.45) is -0.770. The van der Waals surface area contributed by atoms with Crippen molar-refractivity contribution in [2.75, 3.05) is 0 Å². The van der Waals surface area contributed by atoms with Gasteiger partial charge in [0.15, 0.2) is 0 Å². The summed E-state index contributed by atoms with van der Waals surface area (Å²) in [5.74, 6) is 0. The van der Waals surface area contributed by atoms with Crippen LogP contribution in [-0.2, 0) is 32.7 Å². The summed E-state index contributed by atoms with van der Waals surface area (Å²) in [5.41, 5.74) is -0.162. The van der Waals surface area contributed by atoms with Gasteiger partial charge in [-0.25, -0.2) is 0 Å². The minimum atomic E-state index is -4.42. The molecule has 0 unspecified atom stereocenters. The Morgan fingerprint density at radius 3 is 2.67 bits per heavy atom. The molecule has 76 valence electrons. The molecular formula is C8H5F3N3Zn-. The Labute approximate surface area is 96.1 Å². The monoisotopic (exact) mass is 264 g/mol. The molecule has 3 nitrogen and oxygen atoms in total. The maximum absolute atomic E-state index is 12.2. The first-order valence-electron chi connectivity index (χ1n) is 3.76. The minimum absolute atomic E-state index is 0. The van der Waals surface area contributed by atoms with Crippen LogP contribution in [0, 0.1) is 6.33 Å². The normalized spacial score (nSPS) is 11.5. The van der Waals surface area contributed by atoms with Crippen molar-refractivity contribution in [2.24, 2.45) is 7.05 Å². The molecule has 2 aromatic rings. The number of aryl methyl sites for hydroxylation is 1. The summed E-state index contributed by atoms with van der Waals surface area (Å²) in [6.45, 7) is 0. The number of nitrogens with zero attached hydrogens (tertiary/aromatic N) is 3. The van der Waals surface area contributed by atoms with Crippen molar-refractivity contribution < 1.29 is 32.6 Å². The first kappa shape index (κ1) is 12.1. The molecule has 0 atom stereocenters. The van der Waals surface area contributed by atoms with E-state index in [0.29, 0.717) is 5.52 Å². The molecule has 0 spiro atoms. The van der Waals surface area contributed by atoms with E-state index >= 15 is 0 Å². The standard InChI is InChI=1S/C8H5F3N3.Zn/c1-14-4-13-5-2-7(8(9,10)11)12-3-6(5)14;/h2-3H,1H3;/q-1;. The van der Waals surface area contributed by atoms with Crippen molar-refractivity contribution in [3.05, 3.63) is 24.3 Å². The maximum Gasteiger partial charge on any atom is 0.432 e. The SMILES string of the molecule is Cn1[c-]nc2cc(C(F)(F)F)ncc21.[Zn]. The Morgan fingerprint density at radius 1 is 1.40 bits per heavy atom. The van der Waals surface area contributed by atoms with E-state index in [1.54, 1.807) is 7.05 Å². The molecule has 7 heteroatoms. The molecule has 0 aliphatic rings. The van der Waals surface area contributed by atoms with Crippen LogP contribution in [0.15, 0.2) is 12.3 Å². The Balaban J connectivity index is 0.00000112. The van der Waals surface area contributed by atoms with E-state index in [4.69, 9.17) is 0 Å². The molecule has 0 saturated carbocycles. The van der Waals surface area contributed by atoms with Gasteiger partial charge in [-0.3, -0.25) is 4.98 Å². The predicted molar refractivity (Wildman–Crippen MR) is 42.3 cm³/mol. The molecule has 0 radical (unpaired) electrons. The molecule has 0 saturated heterocycles. The summed E-state index contributed by atoms with van der Waals surface area (Å²) < 4.78 is 38.1. The molecule has 0 aromatic carbocycles. The first-order valence-corrected chi connectivity index (χ1v) is 3.76. The number of imidazole rings is 1. The van der Waals surface area contributed by atoms with Crippen LogP contribution in [0.3, 0.4) is 0 Å². The first-order chi connectivity index (χ1) is 6.48. The van der Waals surface area contributed by atoms with Crippen molar-refractivity contribution in [2.45, 2.75) is 6.18 Å². The summed E-state index contributed by atoms with van der Waals surface area (Å²) in [7, 11) is 1.64. The van der Waals surface area contributed by atoms with Crippen LogP contribution in [0.5, 0.6) is 0 Å². The van der Waals surface area contributed by atoms with Crippen molar-refractivity contribution in [3.63, 3.8) is 0 Å². The van der Waals surface area contributed by atoms with E-state index in [0.717, 1.165) is 12.3 Å². The van der Waals surface area contributed by atoms with Crippen LogP contribution in [0.2, 0.25) is 0 Å². The molecule has 2 aromatic heterocycles. The number of rotatable bonds is 0. The third kappa shape index (κ3) is 2.17. The number of halogens is 3. The molecule has 2 heterocycles.